The molecule has 1 heterocycles. The second-order valence-corrected chi connectivity index (χ2v) is 7.53. The highest BCUT2D eigenvalue weighted by atomic mass is 32.2. The minimum atomic E-state index is -0.253. The molecule has 26 heavy (non-hydrogen) atoms. The van der Waals surface area contributed by atoms with E-state index in [4.69, 9.17) is 4.74 Å². The van der Waals surface area contributed by atoms with Crippen molar-refractivity contribution in [1.29, 1.82) is 0 Å². The number of amides is 1. The van der Waals surface area contributed by atoms with E-state index in [-0.39, 0.29) is 17.2 Å². The number of hydrogen-bond acceptors (Lipinski definition) is 7. The molecular formula is C17H24N6O2S. The Balaban J connectivity index is 1.88. The maximum Gasteiger partial charge on any atom is 0.240 e. The molecule has 0 radical (unpaired) electrons. The minimum Gasteiger partial charge on any atom is -0.497 e. The number of nitrogens with one attached hydrogen (secondary N) is 3. The number of nitrogens with zero attached hydrogens (tertiary/aromatic N) is 3. The minimum absolute atomic E-state index is 0.0600. The van der Waals surface area contributed by atoms with Crippen LogP contribution in [0.1, 0.15) is 33.3 Å². The molecule has 0 bridgehead atoms. The number of carbonyl (C=O) groups excluding carboxylic acids is 1. The van der Waals surface area contributed by atoms with Gasteiger partial charge in [0.2, 0.25) is 17.0 Å². The monoisotopic (exact) mass is 376 g/mol. The van der Waals surface area contributed by atoms with E-state index in [1.807, 2.05) is 52.0 Å². The Morgan fingerprint density at radius 3 is 2.62 bits per heavy atom. The van der Waals surface area contributed by atoms with E-state index >= 15 is 0 Å². The van der Waals surface area contributed by atoms with Crippen molar-refractivity contribution in [1.82, 2.24) is 20.5 Å². The Hall–Kier alpha value is -2.55. The molecule has 0 aliphatic heterocycles. The third-order valence-corrected chi connectivity index (χ3v) is 4.00. The van der Waals surface area contributed by atoms with Crippen molar-refractivity contribution in [3.05, 3.63) is 29.8 Å². The lowest BCUT2D eigenvalue weighted by Crippen LogP contribution is -2.41. The summed E-state index contributed by atoms with van der Waals surface area (Å²) in [6, 6.07) is 7.60. The lowest BCUT2D eigenvalue weighted by Gasteiger charge is -2.19. The van der Waals surface area contributed by atoms with Crippen LogP contribution in [0.5, 0.6) is 5.75 Å². The van der Waals surface area contributed by atoms with Crippen molar-refractivity contribution >= 4 is 29.3 Å². The van der Waals surface area contributed by atoms with E-state index < -0.39 is 0 Å². The van der Waals surface area contributed by atoms with Crippen LogP contribution in [0.4, 0.5) is 5.95 Å². The smallest absolute Gasteiger partial charge is 0.240 e. The van der Waals surface area contributed by atoms with E-state index in [0.29, 0.717) is 11.1 Å². The number of methoxy groups -OCH3 is 1. The van der Waals surface area contributed by atoms with E-state index in [1.54, 1.807) is 7.11 Å². The van der Waals surface area contributed by atoms with Crippen molar-refractivity contribution in [3.63, 3.8) is 0 Å². The molecule has 2 rings (SSSR count). The third-order valence-electron chi connectivity index (χ3n) is 3.15. The summed E-state index contributed by atoms with van der Waals surface area (Å²) in [5, 5.41) is 14.5. The molecule has 0 fully saturated rings. The van der Waals surface area contributed by atoms with Crippen molar-refractivity contribution in [3.8, 4) is 5.75 Å². The number of hydrogen-bond donors (Lipinski definition) is 3. The van der Waals surface area contributed by atoms with Gasteiger partial charge in [-0.3, -0.25) is 4.79 Å². The van der Waals surface area contributed by atoms with Crippen LogP contribution in [0.3, 0.4) is 0 Å². The molecule has 0 saturated carbocycles. The van der Waals surface area contributed by atoms with Crippen LogP contribution in [0.2, 0.25) is 0 Å². The Morgan fingerprint density at radius 1 is 1.31 bits per heavy atom. The second-order valence-electron chi connectivity index (χ2n) is 6.59. The second kappa shape index (κ2) is 8.70. The van der Waals surface area contributed by atoms with Crippen LogP contribution >= 0.6 is 11.8 Å². The molecule has 9 heteroatoms. The first-order chi connectivity index (χ1) is 12.3. The molecule has 0 unspecified atom stereocenters. The molecule has 0 aliphatic carbocycles. The van der Waals surface area contributed by atoms with Gasteiger partial charge in [-0.1, -0.05) is 11.8 Å². The van der Waals surface area contributed by atoms with Crippen LogP contribution in [0.25, 0.3) is 0 Å². The highest BCUT2D eigenvalue weighted by Gasteiger charge is 2.14. The lowest BCUT2D eigenvalue weighted by molar-refractivity contribution is -0.119. The summed E-state index contributed by atoms with van der Waals surface area (Å²) in [7, 11) is 1.63. The first kappa shape index (κ1) is 19.8. The molecule has 2 aromatic rings. The van der Waals surface area contributed by atoms with Gasteiger partial charge < -0.3 is 10.1 Å². The average Bonchev–Trinajstić information content (AvgIpc) is 3.04. The van der Waals surface area contributed by atoms with Gasteiger partial charge in [0.15, 0.2) is 0 Å². The number of ether oxygens (including phenoxy) is 1. The number of benzene rings is 1. The van der Waals surface area contributed by atoms with Crippen LogP contribution in [-0.2, 0) is 4.79 Å². The summed E-state index contributed by atoms with van der Waals surface area (Å²) >= 11 is 1.26. The van der Waals surface area contributed by atoms with Crippen LogP contribution < -0.4 is 15.5 Å². The summed E-state index contributed by atoms with van der Waals surface area (Å²) < 4.78 is 5.14. The zero-order valence-electron chi connectivity index (χ0n) is 15.6. The normalized spacial score (nSPS) is 12.0. The number of carbonyl (C=O) groups is 1. The summed E-state index contributed by atoms with van der Waals surface area (Å²) in [6.45, 7) is 7.70. The van der Waals surface area contributed by atoms with Gasteiger partial charge in [-0.15, -0.1) is 5.10 Å². The number of anilines is 1. The summed E-state index contributed by atoms with van der Waals surface area (Å²) in [6.07, 6.45) is 0. The number of aromatic amines is 1. The number of thioether (sulfide) groups is 1. The molecule has 1 aromatic heterocycles. The van der Waals surface area contributed by atoms with Gasteiger partial charge in [0, 0.05) is 5.54 Å². The first-order valence-electron chi connectivity index (χ1n) is 8.08. The zero-order chi connectivity index (χ0) is 19.2. The average molecular weight is 376 g/mol. The summed E-state index contributed by atoms with van der Waals surface area (Å²) in [5.41, 5.74) is 4.34. The molecule has 8 nitrogen and oxygen atoms in total. The van der Waals surface area contributed by atoms with Gasteiger partial charge in [0.05, 0.1) is 18.6 Å². The van der Waals surface area contributed by atoms with Crippen LogP contribution in [0, 0.1) is 0 Å². The Kier molecular flexibility index (Phi) is 6.62. The molecule has 1 amide bonds. The molecular weight excluding hydrogens is 352 g/mol. The fraction of sp³-hybridized carbons (Fsp3) is 0.412. The third kappa shape index (κ3) is 6.40. The van der Waals surface area contributed by atoms with Gasteiger partial charge in [-0.25, -0.2) is 10.5 Å². The van der Waals surface area contributed by atoms with Gasteiger partial charge in [-0.2, -0.15) is 10.1 Å². The predicted octanol–water partition coefficient (Wildman–Crippen LogP) is 2.66. The quantitative estimate of drug-likeness (QED) is 0.390. The van der Waals surface area contributed by atoms with E-state index in [2.05, 4.69) is 31.0 Å². The van der Waals surface area contributed by atoms with Crippen molar-refractivity contribution < 1.29 is 9.53 Å². The Labute approximate surface area is 157 Å². The number of aromatic nitrogens is 3. The number of hydrazone groups is 1. The Morgan fingerprint density at radius 2 is 2.00 bits per heavy atom. The van der Waals surface area contributed by atoms with Gasteiger partial charge in [0.25, 0.3) is 0 Å². The first-order valence-corrected chi connectivity index (χ1v) is 9.06. The van der Waals surface area contributed by atoms with Gasteiger partial charge in [-0.05, 0) is 57.5 Å². The van der Waals surface area contributed by atoms with Crippen molar-refractivity contribution in [2.45, 2.75) is 38.4 Å². The van der Waals surface area contributed by atoms with E-state index in [9.17, 15) is 4.79 Å². The fourth-order valence-electron chi connectivity index (χ4n) is 1.98. The number of H-pyrrole nitrogens is 1. The standard InChI is InChI=1S/C17H24N6O2S/c1-11(12-6-8-13(25-5)9-7-12)20-21-15-18-16(23-22-15)26-10-14(24)19-17(2,3)4/h6-9H,10H2,1-5H3,(H,19,24)(H2,18,21,22,23)/b20-11+. The van der Waals surface area contributed by atoms with Crippen LogP contribution in [0.15, 0.2) is 34.5 Å². The predicted molar refractivity (Wildman–Crippen MR) is 104 cm³/mol. The largest absolute Gasteiger partial charge is 0.497 e. The molecule has 0 saturated heterocycles. The van der Waals surface area contributed by atoms with E-state index in [1.165, 1.54) is 11.8 Å². The molecule has 1 aromatic carbocycles. The maximum absolute atomic E-state index is 11.8. The Bertz CT molecular complexity index is 764. The summed E-state index contributed by atoms with van der Waals surface area (Å²) in [5.74, 6) is 1.40. The van der Waals surface area contributed by atoms with Crippen molar-refractivity contribution in [2.24, 2.45) is 5.10 Å². The highest BCUT2D eigenvalue weighted by molar-refractivity contribution is 7.99. The molecule has 140 valence electrons. The molecule has 0 atom stereocenters. The summed E-state index contributed by atoms with van der Waals surface area (Å²) in [4.78, 5) is 16.1. The molecule has 0 spiro atoms. The van der Waals surface area contributed by atoms with Gasteiger partial charge >= 0.3 is 0 Å². The SMILES string of the molecule is COc1ccc(/C(C)=N/Nc2nc(SCC(=O)NC(C)(C)C)n[nH]2)cc1. The zero-order valence-corrected chi connectivity index (χ0v) is 16.4. The topological polar surface area (TPSA) is 104 Å². The fourth-order valence-corrected chi connectivity index (χ4v) is 2.58. The molecule has 0 aliphatic rings. The van der Waals surface area contributed by atoms with Crippen molar-refractivity contribution in [2.75, 3.05) is 18.3 Å². The lowest BCUT2D eigenvalue weighted by atomic mass is 10.1. The molecule has 3 N–H and O–H groups in total. The number of rotatable bonds is 7. The maximum atomic E-state index is 11.8. The van der Waals surface area contributed by atoms with Gasteiger partial charge in [0.1, 0.15) is 5.75 Å². The highest BCUT2D eigenvalue weighted by Crippen LogP contribution is 2.15. The van der Waals surface area contributed by atoms with Crippen LogP contribution in [-0.4, -0.2) is 45.2 Å². The van der Waals surface area contributed by atoms with E-state index in [0.717, 1.165) is 17.0 Å².